The van der Waals surface area contributed by atoms with E-state index in [-0.39, 0.29) is 19.6 Å². The molecular weight excluding hydrogens is 482 g/mol. The fraction of sp³-hybridized carbons (Fsp3) is 0.231. The van der Waals surface area contributed by atoms with Crippen LogP contribution in [0.3, 0.4) is 0 Å². The third kappa shape index (κ3) is 5.38. The summed E-state index contributed by atoms with van der Waals surface area (Å²) in [5, 5.41) is 4.61. The number of methoxy groups -OCH3 is 1. The third-order valence-electron chi connectivity index (χ3n) is 5.59. The van der Waals surface area contributed by atoms with Gasteiger partial charge in [0.25, 0.3) is 5.91 Å². The summed E-state index contributed by atoms with van der Waals surface area (Å²) < 4.78 is 10.2. The average Bonchev–Trinajstić information content (AvgIpc) is 3.47. The van der Waals surface area contributed by atoms with Crippen molar-refractivity contribution in [1.29, 1.82) is 0 Å². The molecule has 2 aromatic carbocycles. The van der Waals surface area contributed by atoms with E-state index in [2.05, 4.69) is 5.32 Å². The van der Waals surface area contributed by atoms with Crippen LogP contribution in [0, 0.1) is 0 Å². The number of hydrogen-bond donors (Lipinski definition) is 1. The Morgan fingerprint density at radius 2 is 1.83 bits per heavy atom. The van der Waals surface area contributed by atoms with E-state index in [4.69, 9.17) is 9.47 Å². The molecule has 1 aliphatic rings. The maximum absolute atomic E-state index is 13.4. The topological polar surface area (TPSA) is 105 Å². The summed E-state index contributed by atoms with van der Waals surface area (Å²) in [6.07, 6.45) is -0.244. The minimum Gasteiger partial charge on any atom is -0.497 e. The zero-order valence-corrected chi connectivity index (χ0v) is 20.6. The van der Waals surface area contributed by atoms with Gasteiger partial charge in [0.05, 0.1) is 37.9 Å². The number of ether oxygens (including phenoxy) is 2. The molecule has 2 heterocycles. The second-order valence-electron chi connectivity index (χ2n) is 7.93. The van der Waals surface area contributed by atoms with Crippen molar-refractivity contribution in [2.24, 2.45) is 0 Å². The Kier molecular flexibility index (Phi) is 7.65. The molecule has 1 N–H and O–H groups in total. The van der Waals surface area contributed by atoms with Crippen LogP contribution in [0.5, 0.6) is 5.75 Å². The molecule has 186 valence electrons. The van der Waals surface area contributed by atoms with Gasteiger partial charge in [0.15, 0.2) is 0 Å². The number of imide groups is 1. The van der Waals surface area contributed by atoms with Gasteiger partial charge < -0.3 is 19.7 Å². The van der Waals surface area contributed by atoms with Crippen molar-refractivity contribution in [2.75, 3.05) is 23.9 Å². The smallest absolute Gasteiger partial charge is 0.338 e. The minimum atomic E-state index is -0.991. The summed E-state index contributed by atoms with van der Waals surface area (Å²) in [7, 11) is 1.53. The zero-order valence-electron chi connectivity index (χ0n) is 19.8. The van der Waals surface area contributed by atoms with Gasteiger partial charge >= 0.3 is 12.0 Å². The van der Waals surface area contributed by atoms with Crippen molar-refractivity contribution < 1.29 is 28.7 Å². The average molecular weight is 508 g/mol. The number of carbonyl (C=O) groups excluding carboxylic acids is 4. The lowest BCUT2D eigenvalue weighted by molar-refractivity contribution is -0.124. The summed E-state index contributed by atoms with van der Waals surface area (Å²) >= 11 is 1.46. The Morgan fingerprint density at radius 3 is 2.50 bits per heavy atom. The number of benzene rings is 2. The molecule has 0 saturated carbocycles. The second-order valence-corrected chi connectivity index (χ2v) is 8.96. The van der Waals surface area contributed by atoms with Crippen LogP contribution in [-0.2, 0) is 20.9 Å². The predicted octanol–water partition coefficient (Wildman–Crippen LogP) is 4.30. The molecule has 3 aromatic rings. The number of nitrogens with one attached hydrogen (secondary N) is 1. The van der Waals surface area contributed by atoms with E-state index >= 15 is 0 Å². The van der Waals surface area contributed by atoms with Crippen molar-refractivity contribution in [3.63, 3.8) is 0 Å². The minimum absolute atomic E-state index is 0.200. The molecule has 1 aromatic heterocycles. The molecular formula is C26H25N3O6S. The van der Waals surface area contributed by atoms with Gasteiger partial charge in [-0.3, -0.25) is 9.59 Å². The molecule has 1 atom stereocenters. The van der Waals surface area contributed by atoms with Gasteiger partial charge in [0, 0.05) is 10.6 Å². The summed E-state index contributed by atoms with van der Waals surface area (Å²) in [6, 6.07) is 15.2. The largest absolute Gasteiger partial charge is 0.497 e. The first-order chi connectivity index (χ1) is 17.4. The Hall–Kier alpha value is -4.18. The number of amides is 4. The van der Waals surface area contributed by atoms with Crippen molar-refractivity contribution in [2.45, 2.75) is 25.9 Å². The van der Waals surface area contributed by atoms with Crippen LogP contribution in [0.2, 0.25) is 0 Å². The Labute approximate surface area is 212 Å². The Morgan fingerprint density at radius 1 is 1.06 bits per heavy atom. The summed E-state index contributed by atoms with van der Waals surface area (Å²) in [5.74, 6) is -0.858. The van der Waals surface area contributed by atoms with E-state index in [1.165, 1.54) is 29.4 Å². The molecule has 0 unspecified atom stereocenters. The number of urea groups is 1. The fourth-order valence-corrected chi connectivity index (χ4v) is 4.58. The van der Waals surface area contributed by atoms with Gasteiger partial charge in [-0.2, -0.15) is 0 Å². The van der Waals surface area contributed by atoms with E-state index in [1.54, 1.807) is 49.4 Å². The van der Waals surface area contributed by atoms with Gasteiger partial charge in [-0.05, 0) is 60.8 Å². The predicted molar refractivity (Wildman–Crippen MR) is 135 cm³/mol. The molecule has 0 spiro atoms. The first kappa shape index (κ1) is 24.9. The molecule has 1 fully saturated rings. The van der Waals surface area contributed by atoms with E-state index < -0.39 is 29.9 Å². The maximum atomic E-state index is 13.4. The van der Waals surface area contributed by atoms with Gasteiger partial charge in [0.2, 0.25) is 5.91 Å². The lowest BCUT2D eigenvalue weighted by Crippen LogP contribution is -2.37. The molecule has 1 aliphatic heterocycles. The molecule has 0 radical (unpaired) electrons. The number of rotatable bonds is 9. The fourth-order valence-electron chi connectivity index (χ4n) is 3.88. The zero-order chi connectivity index (χ0) is 25.7. The first-order valence-corrected chi connectivity index (χ1v) is 12.2. The van der Waals surface area contributed by atoms with Crippen molar-refractivity contribution in [3.05, 3.63) is 76.5 Å². The number of anilines is 2. The third-order valence-corrected chi connectivity index (χ3v) is 6.45. The number of carbonyl (C=O) groups is 4. The van der Waals surface area contributed by atoms with Crippen LogP contribution in [0.25, 0.3) is 0 Å². The van der Waals surface area contributed by atoms with Gasteiger partial charge in [0.1, 0.15) is 11.8 Å². The lowest BCUT2D eigenvalue weighted by atomic mass is 10.1. The lowest BCUT2D eigenvalue weighted by Gasteiger charge is -2.21. The van der Waals surface area contributed by atoms with E-state index in [0.29, 0.717) is 22.7 Å². The van der Waals surface area contributed by atoms with E-state index in [9.17, 15) is 19.2 Å². The van der Waals surface area contributed by atoms with E-state index in [0.717, 1.165) is 9.78 Å². The SMILES string of the molecule is CCOC(=O)c1cccc(NC(=O)C[C@@H]2C(=O)N(c3ccc(OC)cc3)C(=O)N2Cc2cccs2)c1. The van der Waals surface area contributed by atoms with Gasteiger partial charge in [-0.25, -0.2) is 14.5 Å². The highest BCUT2D eigenvalue weighted by Crippen LogP contribution is 2.30. The quantitative estimate of drug-likeness (QED) is 0.342. The number of hydrogen-bond acceptors (Lipinski definition) is 7. The summed E-state index contributed by atoms with van der Waals surface area (Å²) in [6.45, 7) is 2.14. The van der Waals surface area contributed by atoms with Crippen LogP contribution in [0.15, 0.2) is 66.0 Å². The number of nitrogens with zero attached hydrogens (tertiary/aromatic N) is 2. The van der Waals surface area contributed by atoms with Crippen molar-refractivity contribution in [3.8, 4) is 5.75 Å². The highest BCUT2D eigenvalue weighted by atomic mass is 32.1. The van der Waals surface area contributed by atoms with Crippen molar-refractivity contribution >= 4 is 46.5 Å². The second kappa shape index (κ2) is 11.0. The highest BCUT2D eigenvalue weighted by molar-refractivity contribution is 7.09. The van der Waals surface area contributed by atoms with Crippen LogP contribution in [0.1, 0.15) is 28.6 Å². The van der Waals surface area contributed by atoms with E-state index in [1.807, 2.05) is 17.5 Å². The number of esters is 1. The standard InChI is InChI=1S/C26H25N3O6S/c1-3-35-25(32)17-6-4-7-18(14-17)27-23(30)15-22-24(31)29(19-9-11-20(34-2)12-10-19)26(33)28(22)16-21-8-5-13-36-21/h4-14,22H,3,15-16H2,1-2H3,(H,27,30)/t22-/m1/s1. The number of thiophene rings is 1. The molecule has 4 rings (SSSR count). The summed E-state index contributed by atoms with van der Waals surface area (Å²) in [5.41, 5.74) is 1.08. The van der Waals surface area contributed by atoms with Crippen molar-refractivity contribution in [1.82, 2.24) is 4.90 Å². The molecule has 0 bridgehead atoms. The van der Waals surface area contributed by atoms with Gasteiger partial charge in [-0.15, -0.1) is 11.3 Å². The highest BCUT2D eigenvalue weighted by Gasteiger charge is 2.46. The normalized spacial score (nSPS) is 15.2. The monoisotopic (exact) mass is 507 g/mol. The molecule has 1 saturated heterocycles. The van der Waals surface area contributed by atoms with Crippen LogP contribution in [-0.4, -0.2) is 48.5 Å². The Bertz CT molecular complexity index is 1260. The van der Waals surface area contributed by atoms with Crippen LogP contribution < -0.4 is 15.0 Å². The molecule has 36 heavy (non-hydrogen) atoms. The Balaban J connectivity index is 1.55. The molecule has 9 nitrogen and oxygen atoms in total. The van der Waals surface area contributed by atoms with Crippen LogP contribution >= 0.6 is 11.3 Å². The summed E-state index contributed by atoms with van der Waals surface area (Å²) in [4.78, 5) is 55.1. The van der Waals surface area contributed by atoms with Crippen LogP contribution in [0.4, 0.5) is 16.2 Å². The molecule has 10 heteroatoms. The first-order valence-electron chi connectivity index (χ1n) is 11.3. The molecule has 4 amide bonds. The maximum Gasteiger partial charge on any atom is 0.338 e. The molecule has 0 aliphatic carbocycles. The van der Waals surface area contributed by atoms with Gasteiger partial charge in [-0.1, -0.05) is 12.1 Å².